The lowest BCUT2D eigenvalue weighted by molar-refractivity contribution is -0.147. The van der Waals surface area contributed by atoms with Crippen LogP contribution >= 0.6 is 0 Å². The number of allylic oxidation sites excluding steroid dienone is 2. The molecule has 3 N–H and O–H groups in total. The van der Waals surface area contributed by atoms with E-state index in [0.717, 1.165) is 12.8 Å². The zero-order chi connectivity index (χ0) is 13.9. The highest BCUT2D eigenvalue weighted by atomic mass is 16.4. The van der Waals surface area contributed by atoms with Gasteiger partial charge in [-0.15, -0.1) is 0 Å². The lowest BCUT2D eigenvalue weighted by Crippen LogP contribution is -2.41. The van der Waals surface area contributed by atoms with E-state index in [-0.39, 0.29) is 17.9 Å². The summed E-state index contributed by atoms with van der Waals surface area (Å²) in [5, 5.41) is 21.0. The van der Waals surface area contributed by atoms with Crippen molar-refractivity contribution in [3.05, 3.63) is 12.2 Å². The third-order valence-corrected chi connectivity index (χ3v) is 4.32. The molecule has 106 valence electrons. The van der Waals surface area contributed by atoms with Gasteiger partial charge in [-0.1, -0.05) is 12.2 Å². The smallest absolute Gasteiger partial charge is 0.307 e. The first-order chi connectivity index (χ1) is 9.08. The number of carboxylic acids is 1. The van der Waals surface area contributed by atoms with Crippen LogP contribution in [0.15, 0.2) is 12.2 Å². The molecule has 0 bridgehead atoms. The van der Waals surface area contributed by atoms with Crippen LogP contribution in [0.5, 0.6) is 0 Å². The van der Waals surface area contributed by atoms with Crippen molar-refractivity contribution in [3.8, 4) is 0 Å². The Kier molecular flexibility index (Phi) is 4.24. The number of aliphatic hydroxyl groups is 1. The van der Waals surface area contributed by atoms with Gasteiger partial charge in [-0.3, -0.25) is 9.59 Å². The van der Waals surface area contributed by atoms with Gasteiger partial charge in [0.1, 0.15) is 0 Å². The summed E-state index contributed by atoms with van der Waals surface area (Å²) in [6.07, 6.45) is 7.40. The number of aliphatic hydroxyl groups excluding tert-OH is 1. The monoisotopic (exact) mass is 267 g/mol. The third kappa shape index (κ3) is 3.35. The molecule has 2 atom stereocenters. The number of aliphatic carboxylic acids is 1. The molecule has 0 saturated heterocycles. The van der Waals surface area contributed by atoms with Gasteiger partial charge in [0.05, 0.1) is 11.8 Å². The Balaban J connectivity index is 1.88. The second-order valence-corrected chi connectivity index (χ2v) is 5.69. The van der Waals surface area contributed by atoms with E-state index in [1.165, 1.54) is 0 Å². The highest BCUT2D eigenvalue weighted by Gasteiger charge is 2.43. The van der Waals surface area contributed by atoms with Crippen LogP contribution in [0.3, 0.4) is 0 Å². The molecule has 0 radical (unpaired) electrons. The molecule has 0 aromatic heterocycles. The molecule has 2 unspecified atom stereocenters. The van der Waals surface area contributed by atoms with Gasteiger partial charge < -0.3 is 15.5 Å². The van der Waals surface area contributed by atoms with Gasteiger partial charge in [0, 0.05) is 13.2 Å². The topological polar surface area (TPSA) is 86.6 Å². The number of amides is 1. The summed E-state index contributed by atoms with van der Waals surface area (Å²) in [4.78, 5) is 23.3. The standard InChI is InChI=1S/C14H21NO4/c16-8-7-14(5-6-14)9-15-12(17)10-3-1-2-4-11(10)13(18)19/h1-2,10-11,16H,3-9H2,(H,15,17)(H,18,19). The molecule has 0 aromatic rings. The number of hydrogen-bond acceptors (Lipinski definition) is 3. The van der Waals surface area contributed by atoms with Crippen LogP contribution in [-0.4, -0.2) is 35.2 Å². The number of carboxylic acid groups (broad SMARTS) is 1. The summed E-state index contributed by atoms with van der Waals surface area (Å²) in [6, 6.07) is 0. The minimum Gasteiger partial charge on any atom is -0.481 e. The Morgan fingerprint density at radius 2 is 1.84 bits per heavy atom. The maximum Gasteiger partial charge on any atom is 0.307 e. The van der Waals surface area contributed by atoms with Crippen molar-refractivity contribution < 1.29 is 19.8 Å². The summed E-state index contributed by atoms with van der Waals surface area (Å²) in [5.41, 5.74) is 0.0631. The average Bonchev–Trinajstić information content (AvgIpc) is 3.17. The van der Waals surface area contributed by atoms with Crippen molar-refractivity contribution in [1.82, 2.24) is 5.32 Å². The van der Waals surface area contributed by atoms with E-state index in [1.807, 2.05) is 12.2 Å². The van der Waals surface area contributed by atoms with Crippen molar-refractivity contribution in [2.24, 2.45) is 17.3 Å². The van der Waals surface area contributed by atoms with Gasteiger partial charge in [-0.2, -0.15) is 0 Å². The predicted molar refractivity (Wildman–Crippen MR) is 69.4 cm³/mol. The summed E-state index contributed by atoms with van der Waals surface area (Å²) in [6.45, 7) is 0.693. The molecular weight excluding hydrogens is 246 g/mol. The molecule has 19 heavy (non-hydrogen) atoms. The molecule has 2 aliphatic rings. The van der Waals surface area contributed by atoms with Gasteiger partial charge in [0.25, 0.3) is 0 Å². The molecule has 2 rings (SSSR count). The van der Waals surface area contributed by atoms with Crippen molar-refractivity contribution in [1.29, 1.82) is 0 Å². The second-order valence-electron chi connectivity index (χ2n) is 5.69. The summed E-state index contributed by atoms with van der Waals surface area (Å²) < 4.78 is 0. The van der Waals surface area contributed by atoms with E-state index in [2.05, 4.69) is 5.32 Å². The maximum atomic E-state index is 12.1. The number of nitrogens with one attached hydrogen (secondary N) is 1. The van der Waals surface area contributed by atoms with E-state index in [1.54, 1.807) is 0 Å². The zero-order valence-corrected chi connectivity index (χ0v) is 11.0. The number of rotatable bonds is 6. The number of hydrogen-bond donors (Lipinski definition) is 3. The van der Waals surface area contributed by atoms with Gasteiger partial charge in [0.2, 0.25) is 5.91 Å². The maximum absolute atomic E-state index is 12.1. The molecule has 0 heterocycles. The van der Waals surface area contributed by atoms with Gasteiger partial charge in [0.15, 0.2) is 0 Å². The fourth-order valence-electron chi connectivity index (χ4n) is 2.71. The van der Waals surface area contributed by atoms with Crippen LogP contribution in [0.25, 0.3) is 0 Å². The number of carbonyl (C=O) groups is 2. The largest absolute Gasteiger partial charge is 0.481 e. The van der Waals surface area contributed by atoms with Crippen LogP contribution in [0, 0.1) is 17.3 Å². The molecule has 0 aliphatic heterocycles. The summed E-state index contributed by atoms with van der Waals surface area (Å²) >= 11 is 0. The van der Waals surface area contributed by atoms with Crippen molar-refractivity contribution in [2.45, 2.75) is 32.1 Å². The molecule has 1 fully saturated rings. The van der Waals surface area contributed by atoms with Crippen LogP contribution in [-0.2, 0) is 9.59 Å². The molecule has 0 spiro atoms. The molecule has 2 aliphatic carbocycles. The molecule has 1 saturated carbocycles. The minimum atomic E-state index is -0.902. The normalized spacial score (nSPS) is 27.8. The van der Waals surface area contributed by atoms with Gasteiger partial charge in [-0.25, -0.2) is 0 Å². The highest BCUT2D eigenvalue weighted by molar-refractivity contribution is 5.85. The van der Waals surface area contributed by atoms with Crippen LogP contribution < -0.4 is 5.32 Å². The SMILES string of the molecule is O=C(O)C1CC=CCC1C(=O)NCC1(CCO)CC1. The lowest BCUT2D eigenvalue weighted by Gasteiger charge is -2.25. The molecule has 5 nitrogen and oxygen atoms in total. The molecule has 1 amide bonds. The predicted octanol–water partition coefficient (Wildman–Crippen LogP) is 0.932. The van der Waals surface area contributed by atoms with E-state index in [4.69, 9.17) is 10.2 Å². The lowest BCUT2D eigenvalue weighted by atomic mass is 9.82. The summed E-state index contributed by atoms with van der Waals surface area (Å²) in [7, 11) is 0. The van der Waals surface area contributed by atoms with E-state index in [9.17, 15) is 9.59 Å². The first-order valence-electron chi connectivity index (χ1n) is 6.84. The second kappa shape index (κ2) is 5.74. The average molecular weight is 267 g/mol. The zero-order valence-electron chi connectivity index (χ0n) is 11.0. The molecular formula is C14H21NO4. The van der Waals surface area contributed by atoms with E-state index in [0.29, 0.717) is 25.8 Å². The van der Waals surface area contributed by atoms with Crippen molar-refractivity contribution in [3.63, 3.8) is 0 Å². The van der Waals surface area contributed by atoms with Crippen molar-refractivity contribution in [2.75, 3.05) is 13.2 Å². The minimum absolute atomic E-state index is 0.0631. The van der Waals surface area contributed by atoms with Crippen LogP contribution in [0.2, 0.25) is 0 Å². The Labute approximate surface area is 112 Å². The van der Waals surface area contributed by atoms with Crippen LogP contribution in [0.1, 0.15) is 32.1 Å². The Hall–Kier alpha value is -1.36. The quantitative estimate of drug-likeness (QED) is 0.625. The Morgan fingerprint density at radius 3 is 2.37 bits per heavy atom. The van der Waals surface area contributed by atoms with Gasteiger partial charge in [-0.05, 0) is 37.5 Å². The fourth-order valence-corrected chi connectivity index (χ4v) is 2.71. The van der Waals surface area contributed by atoms with E-state index < -0.39 is 17.8 Å². The highest BCUT2D eigenvalue weighted by Crippen LogP contribution is 2.48. The Bertz CT molecular complexity index is 387. The van der Waals surface area contributed by atoms with Crippen LogP contribution in [0.4, 0.5) is 0 Å². The summed E-state index contributed by atoms with van der Waals surface area (Å²) in [5.74, 6) is -2.15. The number of carbonyl (C=O) groups excluding carboxylic acids is 1. The molecule has 0 aromatic carbocycles. The first kappa shape index (κ1) is 14.1. The third-order valence-electron chi connectivity index (χ3n) is 4.32. The Morgan fingerprint density at radius 1 is 1.21 bits per heavy atom. The van der Waals surface area contributed by atoms with Gasteiger partial charge >= 0.3 is 5.97 Å². The van der Waals surface area contributed by atoms with Crippen molar-refractivity contribution >= 4 is 11.9 Å². The molecule has 5 heteroatoms. The first-order valence-corrected chi connectivity index (χ1v) is 6.84. The fraction of sp³-hybridized carbons (Fsp3) is 0.714. The van der Waals surface area contributed by atoms with E-state index >= 15 is 0 Å².